The molecule has 0 saturated carbocycles. The van der Waals surface area contributed by atoms with Crippen molar-refractivity contribution in [3.8, 4) is 5.69 Å². The van der Waals surface area contributed by atoms with E-state index < -0.39 is 17.5 Å². The number of para-hydroxylation sites is 1. The summed E-state index contributed by atoms with van der Waals surface area (Å²) in [5.74, 6) is -2.70. The molecule has 0 radical (unpaired) electrons. The first-order valence-electron chi connectivity index (χ1n) is 6.20. The van der Waals surface area contributed by atoms with Crippen LogP contribution in [-0.4, -0.2) is 9.55 Å². The van der Waals surface area contributed by atoms with E-state index in [1.165, 1.54) is 4.57 Å². The highest BCUT2D eigenvalue weighted by atomic mass is 35.5. The van der Waals surface area contributed by atoms with E-state index in [9.17, 15) is 13.2 Å². The molecule has 0 N–H and O–H groups in total. The number of fused-ring (bicyclic) bond motifs is 1. The first-order chi connectivity index (χ1) is 10.0. The maximum absolute atomic E-state index is 14.0. The van der Waals surface area contributed by atoms with Gasteiger partial charge in [-0.2, -0.15) is 0 Å². The highest BCUT2D eigenvalue weighted by Crippen LogP contribution is 2.28. The van der Waals surface area contributed by atoms with E-state index in [0.29, 0.717) is 29.0 Å². The van der Waals surface area contributed by atoms with E-state index in [0.717, 1.165) is 5.56 Å². The van der Waals surface area contributed by atoms with Crippen molar-refractivity contribution in [2.24, 2.45) is 0 Å². The number of hydrogen-bond acceptors (Lipinski definition) is 1. The zero-order valence-electron chi connectivity index (χ0n) is 11.0. The monoisotopic (exact) mass is 310 g/mol. The molecule has 6 heteroatoms. The molecule has 0 aliphatic rings. The predicted molar refractivity (Wildman–Crippen MR) is 75.2 cm³/mol. The smallest absolute Gasteiger partial charge is 0.153 e. The van der Waals surface area contributed by atoms with E-state index in [1.807, 2.05) is 13.0 Å². The Morgan fingerprint density at radius 1 is 1.14 bits per heavy atom. The summed E-state index contributed by atoms with van der Waals surface area (Å²) < 4.78 is 42.5. The molecule has 0 saturated heterocycles. The molecule has 108 valence electrons. The molecule has 1 aromatic heterocycles. The van der Waals surface area contributed by atoms with Gasteiger partial charge in [-0.25, -0.2) is 18.2 Å². The number of hydrogen-bond donors (Lipinski definition) is 0. The van der Waals surface area contributed by atoms with Gasteiger partial charge in [-0.15, -0.1) is 11.6 Å². The Hall–Kier alpha value is -2.01. The zero-order valence-corrected chi connectivity index (χ0v) is 11.8. The molecule has 2 aromatic carbocycles. The van der Waals surface area contributed by atoms with Gasteiger partial charge >= 0.3 is 0 Å². The normalized spacial score (nSPS) is 11.3. The Morgan fingerprint density at radius 3 is 2.43 bits per heavy atom. The van der Waals surface area contributed by atoms with Gasteiger partial charge in [-0.05, 0) is 18.6 Å². The highest BCUT2D eigenvalue weighted by Gasteiger charge is 2.20. The lowest BCUT2D eigenvalue weighted by atomic mass is 10.2. The van der Waals surface area contributed by atoms with Gasteiger partial charge < -0.3 is 0 Å². The van der Waals surface area contributed by atoms with Gasteiger partial charge in [-0.3, -0.25) is 4.57 Å². The third-order valence-electron chi connectivity index (χ3n) is 3.28. The minimum atomic E-state index is -1.00. The van der Waals surface area contributed by atoms with Gasteiger partial charge in [0.15, 0.2) is 11.6 Å². The lowest BCUT2D eigenvalue weighted by Crippen LogP contribution is -2.06. The first kappa shape index (κ1) is 13.9. The molecule has 0 fully saturated rings. The highest BCUT2D eigenvalue weighted by molar-refractivity contribution is 6.17. The maximum atomic E-state index is 14.0. The van der Waals surface area contributed by atoms with E-state index >= 15 is 0 Å². The second-order valence-electron chi connectivity index (χ2n) is 4.66. The quantitative estimate of drug-likeness (QED) is 0.638. The van der Waals surface area contributed by atoms with Crippen molar-refractivity contribution in [1.82, 2.24) is 9.55 Å². The Bertz CT molecular complexity index is 819. The second kappa shape index (κ2) is 5.07. The Labute approximate surface area is 123 Å². The van der Waals surface area contributed by atoms with E-state index in [1.54, 1.807) is 12.1 Å². The van der Waals surface area contributed by atoms with Crippen LogP contribution in [0.4, 0.5) is 13.2 Å². The van der Waals surface area contributed by atoms with Crippen molar-refractivity contribution in [3.05, 3.63) is 59.2 Å². The summed E-state index contributed by atoms with van der Waals surface area (Å²) in [6, 6.07) is 6.56. The molecule has 0 aliphatic heterocycles. The molecule has 2 nitrogen and oxygen atoms in total. The van der Waals surface area contributed by atoms with Crippen molar-refractivity contribution in [2.45, 2.75) is 12.8 Å². The van der Waals surface area contributed by atoms with Crippen LogP contribution in [0.1, 0.15) is 11.4 Å². The molecule has 0 spiro atoms. The number of alkyl halides is 1. The molecule has 21 heavy (non-hydrogen) atoms. The van der Waals surface area contributed by atoms with Crippen LogP contribution in [0.3, 0.4) is 0 Å². The summed E-state index contributed by atoms with van der Waals surface area (Å²) in [6.45, 7) is 1.84. The molecule has 3 aromatic rings. The molecule has 0 unspecified atom stereocenters. The standard InChI is InChI=1S/C15H10ClF3N2/c1-8-3-2-4-12-14(8)20-13(7-16)21(12)15-10(18)5-9(17)6-11(15)19/h2-6H,7H2,1H3. The molecule has 1 heterocycles. The Balaban J connectivity index is 2.42. The topological polar surface area (TPSA) is 17.8 Å². The number of aryl methyl sites for hydroxylation is 1. The van der Waals surface area contributed by atoms with Gasteiger partial charge in [-0.1, -0.05) is 12.1 Å². The number of rotatable bonds is 2. The Kier molecular flexibility index (Phi) is 3.37. The zero-order chi connectivity index (χ0) is 15.1. The second-order valence-corrected chi connectivity index (χ2v) is 4.93. The van der Waals surface area contributed by atoms with Gasteiger partial charge in [0.1, 0.15) is 17.3 Å². The number of halogens is 4. The first-order valence-corrected chi connectivity index (χ1v) is 6.74. The van der Waals surface area contributed by atoms with Crippen LogP contribution in [-0.2, 0) is 5.88 Å². The fraction of sp³-hybridized carbons (Fsp3) is 0.133. The van der Waals surface area contributed by atoms with E-state index in [2.05, 4.69) is 4.98 Å². The molecular formula is C15H10ClF3N2. The SMILES string of the molecule is Cc1cccc2c1nc(CCl)n2-c1c(F)cc(F)cc1F. The lowest BCUT2D eigenvalue weighted by Gasteiger charge is -2.10. The summed E-state index contributed by atoms with van der Waals surface area (Å²) in [4.78, 5) is 4.32. The van der Waals surface area contributed by atoms with Crippen LogP contribution in [0, 0.1) is 24.4 Å². The molecule has 3 rings (SSSR count). The number of imidazole rings is 1. The van der Waals surface area contributed by atoms with Crippen molar-refractivity contribution < 1.29 is 13.2 Å². The summed E-state index contributed by atoms with van der Waals surface area (Å²) in [5.41, 5.74) is 1.62. The number of aromatic nitrogens is 2. The molecule has 0 atom stereocenters. The van der Waals surface area contributed by atoms with Crippen molar-refractivity contribution in [1.29, 1.82) is 0 Å². The van der Waals surface area contributed by atoms with E-state index in [4.69, 9.17) is 11.6 Å². The largest absolute Gasteiger partial charge is 0.290 e. The van der Waals surface area contributed by atoms with Crippen LogP contribution in [0.5, 0.6) is 0 Å². The van der Waals surface area contributed by atoms with Crippen molar-refractivity contribution >= 4 is 22.6 Å². The summed E-state index contributed by atoms with van der Waals surface area (Å²) in [6.07, 6.45) is 0. The molecule has 0 amide bonds. The van der Waals surface area contributed by atoms with Gasteiger partial charge in [0, 0.05) is 12.1 Å². The van der Waals surface area contributed by atoms with Gasteiger partial charge in [0.25, 0.3) is 0 Å². The minimum absolute atomic E-state index is 0.0234. The fourth-order valence-corrected chi connectivity index (χ4v) is 2.55. The molecule has 0 bridgehead atoms. The average Bonchev–Trinajstić information content (AvgIpc) is 2.78. The summed E-state index contributed by atoms with van der Waals surface area (Å²) in [7, 11) is 0. The summed E-state index contributed by atoms with van der Waals surface area (Å²) >= 11 is 5.84. The fourth-order valence-electron chi connectivity index (χ4n) is 2.37. The molecule has 0 aliphatic carbocycles. The van der Waals surface area contributed by atoms with Crippen LogP contribution in [0.2, 0.25) is 0 Å². The lowest BCUT2D eigenvalue weighted by molar-refractivity contribution is 0.534. The Morgan fingerprint density at radius 2 is 1.81 bits per heavy atom. The van der Waals surface area contributed by atoms with Crippen LogP contribution in [0.15, 0.2) is 30.3 Å². The predicted octanol–water partition coefficient (Wildman–Crippen LogP) is 4.49. The van der Waals surface area contributed by atoms with Gasteiger partial charge in [0.05, 0.1) is 16.9 Å². The summed E-state index contributed by atoms with van der Waals surface area (Å²) in [5, 5.41) is 0. The third kappa shape index (κ3) is 2.17. The van der Waals surface area contributed by atoms with Crippen LogP contribution >= 0.6 is 11.6 Å². The van der Waals surface area contributed by atoms with Crippen LogP contribution < -0.4 is 0 Å². The molecular weight excluding hydrogens is 301 g/mol. The van der Waals surface area contributed by atoms with Crippen molar-refractivity contribution in [3.63, 3.8) is 0 Å². The average molecular weight is 311 g/mol. The third-order valence-corrected chi connectivity index (χ3v) is 3.52. The number of benzene rings is 2. The van der Waals surface area contributed by atoms with Crippen LogP contribution in [0.25, 0.3) is 16.7 Å². The maximum Gasteiger partial charge on any atom is 0.153 e. The van der Waals surface area contributed by atoms with E-state index in [-0.39, 0.29) is 11.6 Å². The number of nitrogens with zero attached hydrogens (tertiary/aromatic N) is 2. The van der Waals surface area contributed by atoms with Crippen molar-refractivity contribution in [2.75, 3.05) is 0 Å². The minimum Gasteiger partial charge on any atom is -0.290 e. The van der Waals surface area contributed by atoms with Gasteiger partial charge in [0.2, 0.25) is 0 Å².